The molecule has 8 aromatic carbocycles. The molecule has 0 radical (unpaired) electrons. The van der Waals surface area contributed by atoms with Crippen LogP contribution in [0.1, 0.15) is 74.9 Å². The highest BCUT2D eigenvalue weighted by atomic mass is 15.1. The van der Waals surface area contributed by atoms with Crippen molar-refractivity contribution in [3.05, 3.63) is 197 Å². The molecule has 0 saturated carbocycles. The molecular formula is C55H45N. The van der Waals surface area contributed by atoms with Crippen molar-refractivity contribution in [2.75, 3.05) is 4.90 Å². The van der Waals surface area contributed by atoms with Gasteiger partial charge in [0.1, 0.15) is 0 Å². The van der Waals surface area contributed by atoms with Gasteiger partial charge >= 0.3 is 0 Å². The molecule has 0 bridgehead atoms. The maximum atomic E-state index is 2.57. The normalized spacial score (nSPS) is 15.8. The van der Waals surface area contributed by atoms with Gasteiger partial charge in [-0.1, -0.05) is 175 Å². The van der Waals surface area contributed by atoms with E-state index in [4.69, 9.17) is 0 Å². The van der Waals surface area contributed by atoms with Gasteiger partial charge in [-0.05, 0) is 114 Å². The monoisotopic (exact) mass is 719 g/mol. The summed E-state index contributed by atoms with van der Waals surface area (Å²) >= 11 is 0. The summed E-state index contributed by atoms with van der Waals surface area (Å²) in [5.74, 6) is 0. The molecule has 1 nitrogen and oxygen atoms in total. The molecule has 8 aromatic rings. The zero-order valence-electron chi connectivity index (χ0n) is 33.0. The van der Waals surface area contributed by atoms with Crippen LogP contribution in [-0.4, -0.2) is 0 Å². The molecule has 56 heavy (non-hydrogen) atoms. The van der Waals surface area contributed by atoms with Crippen molar-refractivity contribution in [1.29, 1.82) is 0 Å². The molecule has 0 spiro atoms. The van der Waals surface area contributed by atoms with E-state index in [1.807, 2.05) is 0 Å². The van der Waals surface area contributed by atoms with E-state index in [9.17, 15) is 0 Å². The van der Waals surface area contributed by atoms with E-state index >= 15 is 0 Å². The molecule has 0 atom stereocenters. The molecule has 0 heterocycles. The number of fused-ring (bicyclic) bond motifs is 11. The van der Waals surface area contributed by atoms with E-state index in [-0.39, 0.29) is 16.2 Å². The number of benzene rings is 8. The molecule has 0 unspecified atom stereocenters. The minimum atomic E-state index is -0.175. The number of nitrogens with zero attached hydrogens (tertiary/aromatic N) is 1. The van der Waals surface area contributed by atoms with Crippen LogP contribution in [0.2, 0.25) is 0 Å². The number of hydrogen-bond donors (Lipinski definition) is 0. The molecule has 3 aliphatic carbocycles. The first kappa shape index (κ1) is 33.2. The first-order valence-electron chi connectivity index (χ1n) is 20.1. The van der Waals surface area contributed by atoms with Gasteiger partial charge in [0.25, 0.3) is 0 Å². The summed E-state index contributed by atoms with van der Waals surface area (Å²) in [4.78, 5) is 2.57. The van der Waals surface area contributed by atoms with Crippen molar-refractivity contribution in [2.45, 2.75) is 57.8 Å². The van der Waals surface area contributed by atoms with Crippen LogP contribution < -0.4 is 4.90 Å². The van der Waals surface area contributed by atoms with Gasteiger partial charge in [0.15, 0.2) is 0 Å². The molecule has 0 N–H and O–H groups in total. The van der Waals surface area contributed by atoms with Crippen molar-refractivity contribution in [2.24, 2.45) is 0 Å². The average molecular weight is 720 g/mol. The molecule has 0 aromatic heterocycles. The van der Waals surface area contributed by atoms with Gasteiger partial charge < -0.3 is 4.90 Å². The van der Waals surface area contributed by atoms with Crippen LogP contribution in [0.15, 0.2) is 164 Å². The quantitative estimate of drug-likeness (QED) is 0.175. The summed E-state index contributed by atoms with van der Waals surface area (Å²) < 4.78 is 0. The Bertz CT molecular complexity index is 2830. The van der Waals surface area contributed by atoms with Gasteiger partial charge in [-0.3, -0.25) is 0 Å². The summed E-state index contributed by atoms with van der Waals surface area (Å²) in [5.41, 5.74) is 22.0. The molecule has 3 aliphatic rings. The van der Waals surface area contributed by atoms with Gasteiger partial charge in [0.05, 0.1) is 5.69 Å². The molecule has 1 heteroatoms. The first-order chi connectivity index (χ1) is 27.1. The van der Waals surface area contributed by atoms with Gasteiger partial charge in [-0.2, -0.15) is 0 Å². The topological polar surface area (TPSA) is 3.24 Å². The number of hydrogen-bond acceptors (Lipinski definition) is 1. The van der Waals surface area contributed by atoms with E-state index in [0.717, 1.165) is 0 Å². The Morgan fingerprint density at radius 3 is 1.43 bits per heavy atom. The third kappa shape index (κ3) is 4.37. The standard InChI is InChI=1S/C55H45N/c1-53(2)45-24-14-12-19-38(45)40-29-27-35(31-48(40)53)56(36-28-30-41-39-20-13-15-25-46(39)54(3,4)49(41)32-36)50-33-44-51-37(34-17-8-7-9-18-34)23-16-26-47(51)55(5,6)52(44)43-22-11-10-21-42(43)50/h7-33H,1-6H3. The van der Waals surface area contributed by atoms with Gasteiger partial charge in [0.2, 0.25) is 0 Å². The highest BCUT2D eigenvalue weighted by Gasteiger charge is 2.41. The van der Waals surface area contributed by atoms with Crippen LogP contribution >= 0.6 is 0 Å². The third-order valence-corrected chi connectivity index (χ3v) is 13.6. The lowest BCUT2D eigenvalue weighted by molar-refractivity contribution is 0.660. The van der Waals surface area contributed by atoms with E-state index in [0.29, 0.717) is 0 Å². The Labute approximate surface area is 330 Å². The van der Waals surface area contributed by atoms with E-state index in [2.05, 4.69) is 210 Å². The molecule has 0 aliphatic heterocycles. The lowest BCUT2D eigenvalue weighted by Crippen LogP contribution is -2.19. The van der Waals surface area contributed by atoms with Crippen molar-refractivity contribution in [1.82, 2.24) is 0 Å². The lowest BCUT2D eigenvalue weighted by Gasteiger charge is -2.32. The molecular weight excluding hydrogens is 675 g/mol. The summed E-state index contributed by atoms with van der Waals surface area (Å²) in [6.45, 7) is 14.4. The maximum Gasteiger partial charge on any atom is 0.0546 e. The Kier molecular flexibility index (Phi) is 6.77. The number of rotatable bonds is 4. The van der Waals surface area contributed by atoms with E-state index in [1.165, 1.54) is 106 Å². The SMILES string of the molecule is CC1(C)c2ccccc2-c2ccc(N(c3ccc4c(c3)C(C)(C)c3ccccc3-4)c3cc4c(c5ccccc35)C(C)(C)c3cccc(-c5ccccc5)c3-4)cc21. The largest absolute Gasteiger partial charge is 0.310 e. The fourth-order valence-electron chi connectivity index (χ4n) is 10.9. The first-order valence-corrected chi connectivity index (χ1v) is 20.1. The molecule has 0 amide bonds. The maximum absolute atomic E-state index is 2.57. The minimum Gasteiger partial charge on any atom is -0.310 e. The van der Waals surface area contributed by atoms with Gasteiger partial charge in [-0.15, -0.1) is 0 Å². The van der Waals surface area contributed by atoms with Crippen LogP contribution in [0, 0.1) is 0 Å². The van der Waals surface area contributed by atoms with Crippen molar-refractivity contribution in [3.63, 3.8) is 0 Å². The molecule has 0 fully saturated rings. The minimum absolute atomic E-state index is 0.122. The van der Waals surface area contributed by atoms with Crippen LogP contribution in [0.25, 0.3) is 55.3 Å². The lowest BCUT2D eigenvalue weighted by atomic mass is 9.79. The highest BCUT2D eigenvalue weighted by molar-refractivity contribution is 6.09. The van der Waals surface area contributed by atoms with Crippen LogP contribution in [0.4, 0.5) is 17.1 Å². The van der Waals surface area contributed by atoms with Crippen LogP contribution in [0.3, 0.4) is 0 Å². The number of anilines is 3. The predicted octanol–water partition coefficient (Wildman–Crippen LogP) is 14.9. The van der Waals surface area contributed by atoms with Crippen molar-refractivity contribution in [3.8, 4) is 44.5 Å². The van der Waals surface area contributed by atoms with Crippen molar-refractivity contribution < 1.29 is 0 Å². The second-order valence-corrected chi connectivity index (χ2v) is 17.7. The predicted molar refractivity (Wildman–Crippen MR) is 237 cm³/mol. The molecule has 270 valence electrons. The van der Waals surface area contributed by atoms with Gasteiger partial charge in [0, 0.05) is 33.0 Å². The highest BCUT2D eigenvalue weighted by Crippen LogP contribution is 2.58. The zero-order chi connectivity index (χ0) is 38.1. The Morgan fingerprint density at radius 2 is 0.821 bits per heavy atom. The van der Waals surface area contributed by atoms with Crippen LogP contribution in [-0.2, 0) is 16.2 Å². The summed E-state index contributed by atoms with van der Waals surface area (Å²) in [6, 6.07) is 61.9. The Morgan fingerprint density at radius 1 is 0.339 bits per heavy atom. The fraction of sp³-hybridized carbons (Fsp3) is 0.164. The molecule has 11 rings (SSSR count). The fourth-order valence-corrected chi connectivity index (χ4v) is 10.9. The molecule has 0 saturated heterocycles. The summed E-state index contributed by atoms with van der Waals surface area (Å²) in [5, 5.41) is 2.58. The average Bonchev–Trinajstić information content (AvgIpc) is 3.71. The summed E-state index contributed by atoms with van der Waals surface area (Å²) in [7, 11) is 0. The zero-order valence-corrected chi connectivity index (χ0v) is 33.0. The smallest absolute Gasteiger partial charge is 0.0546 e. The second kappa shape index (κ2) is 11.4. The third-order valence-electron chi connectivity index (χ3n) is 13.6. The van der Waals surface area contributed by atoms with Crippen molar-refractivity contribution >= 4 is 27.8 Å². The summed E-state index contributed by atoms with van der Waals surface area (Å²) in [6.07, 6.45) is 0. The van der Waals surface area contributed by atoms with E-state index in [1.54, 1.807) is 0 Å². The second-order valence-electron chi connectivity index (χ2n) is 17.7. The Balaban J connectivity index is 1.21. The van der Waals surface area contributed by atoms with E-state index < -0.39 is 0 Å². The van der Waals surface area contributed by atoms with Crippen LogP contribution in [0.5, 0.6) is 0 Å². The Hall–Kier alpha value is -6.18. The van der Waals surface area contributed by atoms with Gasteiger partial charge in [-0.25, -0.2) is 0 Å².